The van der Waals surface area contributed by atoms with Crippen LogP contribution in [0.2, 0.25) is 0 Å². The Morgan fingerprint density at radius 1 is 1.69 bits per heavy atom. The molecule has 0 aliphatic carbocycles. The topological polar surface area (TPSA) is 40.1 Å². The summed E-state index contributed by atoms with van der Waals surface area (Å²) in [6.45, 7) is 1.43. The number of carbonyl (C=O) groups excluding carboxylic acids is 1. The van der Waals surface area contributed by atoms with Gasteiger partial charge >= 0.3 is 0 Å². The predicted molar refractivity (Wildman–Crippen MR) is 56.3 cm³/mol. The Kier molecular flexibility index (Phi) is 7.80. The Hall–Kier alpha value is 0.260. The molecule has 0 radical (unpaired) electrons. The van der Waals surface area contributed by atoms with Gasteiger partial charge in [-0.25, -0.2) is 0 Å². The van der Waals surface area contributed by atoms with Crippen molar-refractivity contribution in [1.82, 2.24) is 0 Å². The molecule has 2 nitrogen and oxygen atoms in total. The van der Waals surface area contributed by atoms with Crippen molar-refractivity contribution in [3.63, 3.8) is 0 Å². The van der Waals surface area contributed by atoms with Crippen molar-refractivity contribution >= 4 is 28.9 Å². The van der Waals surface area contributed by atoms with Gasteiger partial charge in [0.1, 0.15) is 5.75 Å². The second-order valence-corrected chi connectivity index (χ2v) is 4.92. The summed E-state index contributed by atoms with van der Waals surface area (Å²) in [7, 11) is 0. The first-order chi connectivity index (χ1) is 6.13. The lowest BCUT2D eigenvalue weighted by molar-refractivity contribution is -0.110. The number of rotatable bonds is 7. The molecule has 13 heavy (non-hydrogen) atoms. The summed E-state index contributed by atoms with van der Waals surface area (Å²) in [4.78, 5) is 10.9. The highest BCUT2D eigenvalue weighted by Gasteiger charge is 2.26. The van der Waals surface area contributed by atoms with E-state index in [4.69, 9.17) is 0 Å². The molecule has 5 heteroatoms. The zero-order chi connectivity index (χ0) is 10.3. The second-order valence-electron chi connectivity index (χ2n) is 2.74. The van der Waals surface area contributed by atoms with Gasteiger partial charge in [-0.15, -0.1) is 12.6 Å². The van der Waals surface area contributed by atoms with Crippen molar-refractivity contribution in [2.24, 2.45) is 0 Å². The Morgan fingerprint density at radius 3 is 2.69 bits per heavy atom. The second kappa shape index (κ2) is 7.64. The Balaban J connectivity index is 3.95. The smallest absolute Gasteiger partial charge is 0.238 e. The number of alkyl halides is 1. The number of thiol groups is 1. The molecule has 0 fully saturated rings. The fourth-order valence-corrected chi connectivity index (χ4v) is 2.85. The van der Waals surface area contributed by atoms with Gasteiger partial charge in [-0.1, -0.05) is 13.3 Å². The number of hydrogen-bond acceptors (Lipinski definition) is 2. The summed E-state index contributed by atoms with van der Waals surface area (Å²) in [6.07, 6.45) is 1.62. The maximum Gasteiger partial charge on any atom is 0.238 e. The summed E-state index contributed by atoms with van der Waals surface area (Å²) in [6, 6.07) is 0. The lowest BCUT2D eigenvalue weighted by atomic mass is 10.3. The van der Waals surface area contributed by atoms with E-state index in [1.54, 1.807) is 0 Å². The highest BCUT2D eigenvalue weighted by Crippen LogP contribution is 2.13. The maximum atomic E-state index is 11.8. The van der Waals surface area contributed by atoms with Gasteiger partial charge in [0.2, 0.25) is 5.12 Å². The first kappa shape index (κ1) is 13.3. The van der Waals surface area contributed by atoms with E-state index in [9.17, 15) is 13.7 Å². The minimum atomic E-state index is -1.25. The molecule has 0 aliphatic heterocycles. The number of halogens is 1. The first-order valence-corrected chi connectivity index (χ1v) is 6.12. The normalized spacial score (nSPS) is 15.4. The van der Waals surface area contributed by atoms with E-state index in [2.05, 4.69) is 12.6 Å². The van der Waals surface area contributed by atoms with Crippen LogP contribution < -0.4 is 0 Å². The first-order valence-electron chi connectivity index (χ1n) is 4.29. The van der Waals surface area contributed by atoms with Crippen LogP contribution in [-0.4, -0.2) is 27.3 Å². The third-order valence-corrected chi connectivity index (χ3v) is 3.88. The molecule has 0 amide bonds. The van der Waals surface area contributed by atoms with Crippen LogP contribution in [-0.2, 0) is 16.0 Å². The molecule has 0 saturated carbocycles. The van der Waals surface area contributed by atoms with Crippen molar-refractivity contribution in [2.45, 2.75) is 31.4 Å². The molecule has 0 N–H and O–H groups in total. The third-order valence-electron chi connectivity index (χ3n) is 1.62. The van der Waals surface area contributed by atoms with E-state index in [-0.39, 0.29) is 17.3 Å². The average molecular weight is 226 g/mol. The van der Waals surface area contributed by atoms with Gasteiger partial charge < -0.3 is 4.55 Å². The lowest BCUT2D eigenvalue weighted by Crippen LogP contribution is -2.29. The molecule has 0 bridgehead atoms. The summed E-state index contributed by atoms with van der Waals surface area (Å²) in [5, 5.41) is -0.862. The van der Waals surface area contributed by atoms with Crippen LogP contribution in [0.25, 0.3) is 0 Å². The molecular formula is C8H15FO2S2. The molecule has 78 valence electrons. The molecule has 0 aromatic carbocycles. The van der Waals surface area contributed by atoms with Crippen LogP contribution in [0.4, 0.5) is 4.39 Å². The summed E-state index contributed by atoms with van der Waals surface area (Å²) < 4.78 is 23.2. The Labute approximate surface area is 86.9 Å². The Morgan fingerprint density at radius 2 is 2.31 bits per heavy atom. The Bertz CT molecular complexity index is 155. The number of carbonyl (C=O) groups is 1. The van der Waals surface area contributed by atoms with Crippen LogP contribution in [0.3, 0.4) is 0 Å². The molecule has 0 aromatic heterocycles. The minimum Gasteiger partial charge on any atom is -0.616 e. The van der Waals surface area contributed by atoms with Crippen molar-refractivity contribution in [1.29, 1.82) is 0 Å². The van der Waals surface area contributed by atoms with E-state index in [0.29, 0.717) is 6.42 Å². The van der Waals surface area contributed by atoms with Gasteiger partial charge in [0.15, 0.2) is 5.25 Å². The van der Waals surface area contributed by atoms with E-state index >= 15 is 0 Å². The van der Waals surface area contributed by atoms with E-state index in [1.165, 1.54) is 0 Å². The molecule has 0 heterocycles. The van der Waals surface area contributed by atoms with Gasteiger partial charge in [0.05, 0.1) is 6.67 Å². The standard InChI is InChI=1S/C8H15FO2S2/c1-2-4-7(8(10)12)13(11)6-3-5-9/h7H,2-6H2,1H3,(H,10,12). The molecule has 0 rings (SSSR count). The van der Waals surface area contributed by atoms with Crippen LogP contribution in [0.15, 0.2) is 0 Å². The SMILES string of the molecule is CCCC(C(=O)S)[S+]([O-])CCCF. The summed E-state index contributed by atoms with van der Waals surface area (Å²) in [5.74, 6) is 0.257. The predicted octanol–water partition coefficient (Wildman–Crippen LogP) is 1.72. The van der Waals surface area contributed by atoms with Gasteiger partial charge in [0.25, 0.3) is 0 Å². The van der Waals surface area contributed by atoms with Crippen LogP contribution in [0, 0.1) is 0 Å². The summed E-state index contributed by atoms with van der Waals surface area (Å²) >= 11 is 2.41. The van der Waals surface area contributed by atoms with E-state index < -0.39 is 23.1 Å². The maximum absolute atomic E-state index is 11.8. The van der Waals surface area contributed by atoms with Crippen molar-refractivity contribution in [3.8, 4) is 0 Å². The monoisotopic (exact) mass is 226 g/mol. The van der Waals surface area contributed by atoms with Gasteiger partial charge in [-0.3, -0.25) is 9.18 Å². The largest absolute Gasteiger partial charge is 0.616 e. The van der Waals surface area contributed by atoms with Gasteiger partial charge in [-0.2, -0.15) is 0 Å². The van der Waals surface area contributed by atoms with Crippen LogP contribution >= 0.6 is 12.6 Å². The quantitative estimate of drug-likeness (QED) is 0.530. The average Bonchev–Trinajstić information content (AvgIpc) is 2.09. The van der Waals surface area contributed by atoms with Gasteiger partial charge in [-0.05, 0) is 11.2 Å². The van der Waals surface area contributed by atoms with Crippen LogP contribution in [0.5, 0.6) is 0 Å². The molecule has 0 aliphatic rings. The highest BCUT2D eigenvalue weighted by atomic mass is 32.2. The molecular weight excluding hydrogens is 211 g/mol. The van der Waals surface area contributed by atoms with Gasteiger partial charge in [0, 0.05) is 12.8 Å². The fraction of sp³-hybridized carbons (Fsp3) is 0.875. The van der Waals surface area contributed by atoms with Crippen LogP contribution in [0.1, 0.15) is 26.2 Å². The highest BCUT2D eigenvalue weighted by molar-refractivity contribution is 8.01. The zero-order valence-electron chi connectivity index (χ0n) is 7.66. The molecule has 0 saturated heterocycles. The van der Waals surface area contributed by atoms with E-state index in [0.717, 1.165) is 6.42 Å². The zero-order valence-corrected chi connectivity index (χ0v) is 9.37. The van der Waals surface area contributed by atoms with Crippen molar-refractivity contribution in [3.05, 3.63) is 0 Å². The third kappa shape index (κ3) is 5.54. The van der Waals surface area contributed by atoms with Crippen molar-refractivity contribution < 1.29 is 13.7 Å². The van der Waals surface area contributed by atoms with E-state index in [1.807, 2.05) is 6.92 Å². The number of hydrogen-bond donors (Lipinski definition) is 1. The minimum absolute atomic E-state index is 0.257. The molecule has 0 spiro atoms. The van der Waals surface area contributed by atoms with Crippen molar-refractivity contribution in [2.75, 3.05) is 12.4 Å². The molecule has 2 atom stereocenters. The summed E-state index contributed by atoms with van der Waals surface area (Å²) in [5.41, 5.74) is 0. The molecule has 2 unspecified atom stereocenters. The molecule has 0 aromatic rings. The lowest BCUT2D eigenvalue weighted by Gasteiger charge is -2.17. The fourth-order valence-electron chi connectivity index (χ4n) is 0.969.